The number of carboxylic acid groups (broad SMARTS) is 2. The van der Waals surface area contributed by atoms with Crippen molar-refractivity contribution in [2.75, 3.05) is 38.5 Å². The zero-order chi connectivity index (χ0) is 60.4. The Kier molecular flexibility index (Phi) is 37.4. The van der Waals surface area contributed by atoms with Gasteiger partial charge < -0.3 is 102 Å². The standard InChI is InChI=1S/C48H90N14O16S/c1-5-25(2)36(53)45(74)55-29(15-7-11-19-50)39(68)54-28(14-6-10-18-49)41(70)60-34(24-79)44(73)62-37(26(3)64)46(75)56-30(16-8-12-20-51)40(69)58-32(22-35(66)67)42(71)61-38(27(4)65)47(76)59-33(23-63)43(72)57-31(48(77)78)17-9-13-21-52/h25-34,36-38,63-65,79H,5-24,49-53H2,1-4H3,(H,54,68)(H,55,74)(H,56,75)(H,57,72)(H,58,69)(H,59,76)(H,60,70)(H,61,71)(H,62,73)(H,66,67)(H,77,78)/t25-,26+,27+,28-,29-,30-,31-,32-,33-,34-,36-,37-,38-/m0/s1. The van der Waals surface area contributed by atoms with E-state index < -0.39 is 151 Å². The molecule has 0 unspecified atom stereocenters. The van der Waals surface area contributed by atoms with E-state index in [2.05, 4.69) is 60.5 Å². The first-order valence-electron chi connectivity index (χ1n) is 26.6. The lowest BCUT2D eigenvalue weighted by Gasteiger charge is -2.29. The molecule has 454 valence electrons. The molecule has 0 heterocycles. The number of amides is 9. The van der Waals surface area contributed by atoms with Crippen molar-refractivity contribution in [1.82, 2.24) is 47.9 Å². The average molecular weight is 1150 g/mol. The van der Waals surface area contributed by atoms with Crippen molar-refractivity contribution in [2.45, 2.75) is 190 Å². The molecule has 0 saturated heterocycles. The second-order valence-electron chi connectivity index (χ2n) is 19.2. The van der Waals surface area contributed by atoms with Gasteiger partial charge in [0.05, 0.1) is 31.3 Å². The van der Waals surface area contributed by atoms with E-state index in [0.717, 1.165) is 13.8 Å². The minimum atomic E-state index is -2.01. The van der Waals surface area contributed by atoms with Gasteiger partial charge in [0.1, 0.15) is 54.4 Å². The number of nitrogens with two attached hydrogens (primary N) is 5. The summed E-state index contributed by atoms with van der Waals surface area (Å²) in [6, 6.07) is -15.5. The highest BCUT2D eigenvalue weighted by Crippen LogP contribution is 2.11. The topological polar surface area (TPSA) is 527 Å². The van der Waals surface area contributed by atoms with Gasteiger partial charge in [-0.1, -0.05) is 20.3 Å². The van der Waals surface area contributed by atoms with Crippen LogP contribution >= 0.6 is 12.6 Å². The first kappa shape index (κ1) is 73.2. The Morgan fingerprint density at radius 3 is 1.08 bits per heavy atom. The first-order chi connectivity index (χ1) is 37.3. The van der Waals surface area contributed by atoms with Gasteiger partial charge in [-0.3, -0.25) is 47.9 Å². The summed E-state index contributed by atoms with van der Waals surface area (Å²) in [5.41, 5.74) is 28.6. The minimum absolute atomic E-state index is 0.0404. The summed E-state index contributed by atoms with van der Waals surface area (Å²) in [6.45, 7) is 5.69. The quantitative estimate of drug-likeness (QED) is 0.0199. The van der Waals surface area contributed by atoms with Gasteiger partial charge in [0.25, 0.3) is 0 Å². The molecule has 0 aromatic carbocycles. The number of hydrogen-bond donors (Lipinski definition) is 20. The molecular weight excluding hydrogens is 1060 g/mol. The maximum atomic E-state index is 13.9. The van der Waals surface area contributed by atoms with Crippen LogP contribution in [0.2, 0.25) is 0 Å². The fraction of sp³-hybridized carbons (Fsp3) is 0.771. The normalized spacial score (nSPS) is 16.2. The van der Waals surface area contributed by atoms with Gasteiger partial charge in [-0.05, 0) is 123 Å². The fourth-order valence-corrected chi connectivity index (χ4v) is 7.77. The number of aliphatic hydroxyl groups is 3. The Labute approximate surface area is 465 Å². The van der Waals surface area contributed by atoms with Gasteiger partial charge in [-0.15, -0.1) is 0 Å². The molecule has 31 heteroatoms. The Bertz CT molecular complexity index is 1960. The minimum Gasteiger partial charge on any atom is -0.481 e. The summed E-state index contributed by atoms with van der Waals surface area (Å²) in [6.07, 6.45) is -1.02. The number of nitrogens with one attached hydrogen (secondary N) is 9. The van der Waals surface area contributed by atoms with Crippen LogP contribution < -0.4 is 76.5 Å². The third kappa shape index (κ3) is 28.3. The molecule has 0 aliphatic carbocycles. The van der Waals surface area contributed by atoms with Gasteiger partial charge in [-0.2, -0.15) is 12.6 Å². The number of aliphatic carboxylic acids is 2. The highest BCUT2D eigenvalue weighted by molar-refractivity contribution is 7.80. The first-order valence-corrected chi connectivity index (χ1v) is 27.2. The lowest BCUT2D eigenvalue weighted by molar-refractivity contribution is -0.143. The number of hydrogen-bond acceptors (Lipinski definition) is 20. The lowest BCUT2D eigenvalue weighted by atomic mass is 9.98. The number of carboxylic acids is 2. The number of unbranched alkanes of at least 4 members (excludes halogenated alkanes) is 4. The number of aliphatic hydroxyl groups excluding tert-OH is 3. The van der Waals surface area contributed by atoms with E-state index in [1.807, 2.05) is 6.92 Å². The highest BCUT2D eigenvalue weighted by atomic mass is 32.1. The summed E-state index contributed by atoms with van der Waals surface area (Å²) in [5, 5.41) is 71.5. The molecular formula is C48H90N14O16S. The summed E-state index contributed by atoms with van der Waals surface area (Å²) in [5.74, 6) is -12.9. The highest BCUT2D eigenvalue weighted by Gasteiger charge is 2.38. The van der Waals surface area contributed by atoms with Crippen molar-refractivity contribution in [3.8, 4) is 0 Å². The SMILES string of the molecule is CC[C@H](C)[C@H](N)C(=O)N[C@@H](CCCCN)C(=O)N[C@@H](CCCCN)C(=O)N[C@@H](CS)C(=O)N[C@H](C(=O)N[C@@H](CCCCN)C(=O)N[C@@H](CC(=O)O)C(=O)N[C@H](C(=O)N[C@@H](CO)C(=O)N[C@@H](CCCCN)C(=O)O)[C@@H](C)O)[C@@H](C)O. The summed E-state index contributed by atoms with van der Waals surface area (Å²) in [7, 11) is 0. The second kappa shape index (κ2) is 40.4. The van der Waals surface area contributed by atoms with Gasteiger partial charge >= 0.3 is 11.9 Å². The molecule has 79 heavy (non-hydrogen) atoms. The molecule has 0 bridgehead atoms. The van der Waals surface area contributed by atoms with Crippen LogP contribution in [0.5, 0.6) is 0 Å². The van der Waals surface area contributed by atoms with Crippen LogP contribution in [0.4, 0.5) is 0 Å². The van der Waals surface area contributed by atoms with Crippen molar-refractivity contribution in [3.63, 3.8) is 0 Å². The molecule has 0 radical (unpaired) electrons. The molecule has 9 amide bonds. The van der Waals surface area contributed by atoms with Gasteiger partial charge in [-0.25, -0.2) is 4.79 Å². The summed E-state index contributed by atoms with van der Waals surface area (Å²) in [4.78, 5) is 146. The Balaban J connectivity index is 6.51. The summed E-state index contributed by atoms with van der Waals surface area (Å²) >= 11 is 4.21. The molecule has 0 spiro atoms. The Morgan fingerprint density at radius 1 is 0.430 bits per heavy atom. The number of thiol groups is 1. The molecule has 24 N–H and O–H groups in total. The molecule has 0 aromatic heterocycles. The molecule has 0 aliphatic rings. The number of carbonyl (C=O) groups is 11. The zero-order valence-corrected chi connectivity index (χ0v) is 46.6. The van der Waals surface area contributed by atoms with E-state index in [1.165, 1.54) is 0 Å². The van der Waals surface area contributed by atoms with Crippen LogP contribution in [0.25, 0.3) is 0 Å². The number of rotatable bonds is 43. The predicted molar refractivity (Wildman–Crippen MR) is 291 cm³/mol. The average Bonchev–Trinajstić information content (AvgIpc) is 3.40. The van der Waals surface area contributed by atoms with Crippen LogP contribution in [-0.2, 0) is 52.7 Å². The number of carbonyl (C=O) groups excluding carboxylic acids is 9. The maximum Gasteiger partial charge on any atom is 0.326 e. The van der Waals surface area contributed by atoms with E-state index in [1.54, 1.807) is 6.92 Å². The smallest absolute Gasteiger partial charge is 0.326 e. The lowest BCUT2D eigenvalue weighted by Crippen LogP contribution is -2.63. The van der Waals surface area contributed by atoms with E-state index in [9.17, 15) is 78.3 Å². The van der Waals surface area contributed by atoms with Crippen molar-refractivity contribution in [3.05, 3.63) is 0 Å². The van der Waals surface area contributed by atoms with Crippen LogP contribution in [0, 0.1) is 5.92 Å². The predicted octanol–water partition coefficient (Wildman–Crippen LogP) is -6.52. The van der Waals surface area contributed by atoms with Crippen molar-refractivity contribution in [1.29, 1.82) is 0 Å². The molecule has 0 saturated carbocycles. The van der Waals surface area contributed by atoms with Crippen LogP contribution in [0.15, 0.2) is 0 Å². The zero-order valence-electron chi connectivity index (χ0n) is 45.7. The van der Waals surface area contributed by atoms with Crippen LogP contribution in [0.1, 0.15) is 118 Å². The molecule has 0 rings (SSSR count). The van der Waals surface area contributed by atoms with Gasteiger partial charge in [0, 0.05) is 5.75 Å². The molecule has 13 atom stereocenters. The van der Waals surface area contributed by atoms with Gasteiger partial charge in [0.2, 0.25) is 53.2 Å². The van der Waals surface area contributed by atoms with Crippen molar-refractivity contribution < 1.29 is 78.3 Å². The molecule has 0 aromatic rings. The fourth-order valence-electron chi connectivity index (χ4n) is 7.52. The third-order valence-electron chi connectivity index (χ3n) is 12.6. The van der Waals surface area contributed by atoms with Crippen molar-refractivity contribution in [2.24, 2.45) is 34.6 Å². The van der Waals surface area contributed by atoms with E-state index in [-0.39, 0.29) is 63.4 Å². The molecule has 0 fully saturated rings. The summed E-state index contributed by atoms with van der Waals surface area (Å²) < 4.78 is 0. The Hall–Kier alpha value is -5.80. The van der Waals surface area contributed by atoms with Crippen LogP contribution in [-0.4, -0.2) is 202 Å². The largest absolute Gasteiger partial charge is 0.481 e. The molecule has 30 nitrogen and oxygen atoms in total. The third-order valence-corrected chi connectivity index (χ3v) is 13.0. The maximum absolute atomic E-state index is 13.9. The Morgan fingerprint density at radius 2 is 0.734 bits per heavy atom. The van der Waals surface area contributed by atoms with E-state index >= 15 is 0 Å². The second-order valence-corrected chi connectivity index (χ2v) is 19.6. The van der Waals surface area contributed by atoms with E-state index in [4.69, 9.17) is 28.7 Å². The van der Waals surface area contributed by atoms with Crippen molar-refractivity contribution >= 4 is 77.7 Å². The monoisotopic (exact) mass is 1150 g/mol. The van der Waals surface area contributed by atoms with Gasteiger partial charge in [0.15, 0.2) is 0 Å². The van der Waals surface area contributed by atoms with Crippen LogP contribution in [0.3, 0.4) is 0 Å². The molecule has 0 aliphatic heterocycles. The van der Waals surface area contributed by atoms with E-state index in [0.29, 0.717) is 57.9 Å².